The van der Waals surface area contributed by atoms with Gasteiger partial charge in [0, 0.05) is 12.0 Å². The predicted molar refractivity (Wildman–Crippen MR) is 86.3 cm³/mol. The van der Waals surface area contributed by atoms with Crippen molar-refractivity contribution in [2.45, 2.75) is 13.3 Å². The number of nitrogens with one attached hydrogen (secondary N) is 1. The zero-order valence-corrected chi connectivity index (χ0v) is 13.7. The van der Waals surface area contributed by atoms with Crippen LogP contribution in [0.4, 0.5) is 0 Å². The molecular weight excluding hydrogens is 320 g/mol. The predicted octanol–water partition coefficient (Wildman–Crippen LogP) is 2.10. The van der Waals surface area contributed by atoms with Crippen LogP contribution in [0.15, 0.2) is 17.2 Å². The summed E-state index contributed by atoms with van der Waals surface area (Å²) in [6.45, 7) is 1.91. The normalized spacial score (nSPS) is 10.9. The van der Waals surface area contributed by atoms with Crippen LogP contribution in [0.3, 0.4) is 0 Å². The first-order chi connectivity index (χ1) is 11.0. The molecule has 0 amide bonds. The molecule has 0 fully saturated rings. The van der Waals surface area contributed by atoms with E-state index in [1.54, 1.807) is 12.1 Å². The van der Waals surface area contributed by atoms with Crippen LogP contribution in [-0.4, -0.2) is 46.4 Å². The Hall–Kier alpha value is -2.68. The highest BCUT2D eigenvalue weighted by molar-refractivity contribution is 7.71. The maximum atomic E-state index is 11.6. The minimum atomic E-state index is -1.14. The molecule has 1 aromatic heterocycles. The van der Waals surface area contributed by atoms with E-state index in [0.29, 0.717) is 28.3 Å². The van der Waals surface area contributed by atoms with Gasteiger partial charge in [0.2, 0.25) is 4.77 Å². The fourth-order valence-electron chi connectivity index (χ4n) is 2.06. The number of carboxylic acid groups (broad SMARTS) is 1. The molecule has 0 saturated heterocycles. The smallest absolute Gasteiger partial charge is 0.340 e. The number of rotatable bonds is 6. The third-order valence-electron chi connectivity index (χ3n) is 3.14. The second kappa shape index (κ2) is 7.05. The van der Waals surface area contributed by atoms with Gasteiger partial charge in [0.15, 0.2) is 17.3 Å². The molecule has 0 unspecified atom stereocenters. The summed E-state index contributed by atoms with van der Waals surface area (Å²) in [5, 5.41) is 20.4. The van der Waals surface area contributed by atoms with Crippen LogP contribution in [0, 0.1) is 4.77 Å². The number of aromatic carboxylic acids is 1. The summed E-state index contributed by atoms with van der Waals surface area (Å²) in [7, 11) is 2.82. The summed E-state index contributed by atoms with van der Waals surface area (Å²) in [6.07, 6.45) is 2.03. The number of carbonyl (C=O) groups is 1. The molecule has 8 nitrogen and oxygen atoms in total. The standard InChI is InChI=1S/C14H16N4O4S/c1-4-10-16-17-14(23)18(10)15-7-8-5-6-9(21-2)12(22-3)11(8)13(19)20/h5-7H,4H2,1-3H3,(H,17,23)(H,19,20)/b15-7-. The summed E-state index contributed by atoms with van der Waals surface area (Å²) in [5.41, 5.74) is 0.323. The van der Waals surface area contributed by atoms with Crippen LogP contribution in [-0.2, 0) is 6.42 Å². The van der Waals surface area contributed by atoms with Gasteiger partial charge in [-0.25, -0.2) is 4.79 Å². The van der Waals surface area contributed by atoms with Gasteiger partial charge < -0.3 is 14.6 Å². The fraction of sp³-hybridized carbons (Fsp3) is 0.286. The van der Waals surface area contributed by atoms with E-state index in [1.165, 1.54) is 25.1 Å². The van der Waals surface area contributed by atoms with Gasteiger partial charge in [-0.1, -0.05) is 6.92 Å². The summed E-state index contributed by atoms with van der Waals surface area (Å²) < 4.78 is 12.1. The van der Waals surface area contributed by atoms with Gasteiger partial charge in [-0.2, -0.15) is 14.9 Å². The molecule has 122 valence electrons. The maximum absolute atomic E-state index is 11.6. The molecule has 0 bridgehead atoms. The second-order valence-corrected chi connectivity index (χ2v) is 4.81. The molecule has 0 aliphatic rings. The van der Waals surface area contributed by atoms with Crippen molar-refractivity contribution >= 4 is 24.4 Å². The minimum absolute atomic E-state index is 0.0383. The number of benzene rings is 1. The fourth-order valence-corrected chi connectivity index (χ4v) is 2.26. The number of hydrogen-bond acceptors (Lipinski definition) is 6. The highest BCUT2D eigenvalue weighted by Gasteiger charge is 2.20. The molecule has 23 heavy (non-hydrogen) atoms. The van der Waals surface area contributed by atoms with Crippen molar-refractivity contribution in [2.24, 2.45) is 5.10 Å². The van der Waals surface area contributed by atoms with E-state index < -0.39 is 5.97 Å². The van der Waals surface area contributed by atoms with Gasteiger partial charge in [-0.05, 0) is 24.4 Å². The third-order valence-corrected chi connectivity index (χ3v) is 3.40. The molecule has 2 rings (SSSR count). The lowest BCUT2D eigenvalue weighted by Crippen LogP contribution is -2.07. The van der Waals surface area contributed by atoms with Gasteiger partial charge in [0.25, 0.3) is 0 Å². The highest BCUT2D eigenvalue weighted by atomic mass is 32.1. The van der Waals surface area contributed by atoms with Crippen molar-refractivity contribution in [3.63, 3.8) is 0 Å². The summed E-state index contributed by atoms with van der Waals surface area (Å²) in [6, 6.07) is 3.20. The molecule has 0 saturated carbocycles. The number of aromatic nitrogens is 3. The molecule has 1 aromatic carbocycles. The van der Waals surface area contributed by atoms with E-state index in [1.807, 2.05) is 6.92 Å². The van der Waals surface area contributed by atoms with E-state index in [2.05, 4.69) is 15.3 Å². The summed E-state index contributed by atoms with van der Waals surface area (Å²) in [4.78, 5) is 11.6. The second-order valence-electron chi connectivity index (χ2n) is 4.43. The Balaban J connectivity index is 2.55. The largest absolute Gasteiger partial charge is 0.493 e. The van der Waals surface area contributed by atoms with Crippen LogP contribution >= 0.6 is 12.2 Å². The van der Waals surface area contributed by atoms with E-state index in [-0.39, 0.29) is 11.3 Å². The lowest BCUT2D eigenvalue weighted by Gasteiger charge is -2.12. The molecule has 0 radical (unpaired) electrons. The van der Waals surface area contributed by atoms with Crippen LogP contribution in [0.2, 0.25) is 0 Å². The Morgan fingerprint density at radius 1 is 1.48 bits per heavy atom. The highest BCUT2D eigenvalue weighted by Crippen LogP contribution is 2.32. The molecule has 2 N–H and O–H groups in total. The topological polar surface area (TPSA) is 102 Å². The van der Waals surface area contributed by atoms with Gasteiger partial charge in [0.1, 0.15) is 5.56 Å². The first-order valence-corrected chi connectivity index (χ1v) is 7.13. The molecule has 1 heterocycles. The Labute approximate surface area is 137 Å². The minimum Gasteiger partial charge on any atom is -0.493 e. The zero-order chi connectivity index (χ0) is 17.0. The van der Waals surface area contributed by atoms with Crippen LogP contribution < -0.4 is 9.47 Å². The Bertz CT molecular complexity index is 810. The first kappa shape index (κ1) is 16.7. The molecule has 0 spiro atoms. The SMILES string of the molecule is CCc1n[nH]c(=S)n1/N=C\c1ccc(OC)c(OC)c1C(=O)O. The average Bonchev–Trinajstić information content (AvgIpc) is 2.91. The van der Waals surface area contributed by atoms with E-state index in [4.69, 9.17) is 21.7 Å². The molecule has 0 aliphatic carbocycles. The Morgan fingerprint density at radius 3 is 2.78 bits per heavy atom. The number of methoxy groups -OCH3 is 2. The number of ether oxygens (including phenoxy) is 2. The molecular formula is C14H16N4O4S. The van der Waals surface area contributed by atoms with Crippen LogP contribution in [0.25, 0.3) is 0 Å². The third kappa shape index (κ3) is 3.24. The van der Waals surface area contributed by atoms with Crippen molar-refractivity contribution in [1.29, 1.82) is 0 Å². The van der Waals surface area contributed by atoms with Gasteiger partial charge >= 0.3 is 5.97 Å². The number of aryl methyl sites for hydroxylation is 1. The zero-order valence-electron chi connectivity index (χ0n) is 12.9. The monoisotopic (exact) mass is 336 g/mol. The molecule has 0 atom stereocenters. The average molecular weight is 336 g/mol. The van der Waals surface area contributed by atoms with Gasteiger partial charge in [0.05, 0.1) is 20.4 Å². The number of carboxylic acids is 1. The van der Waals surface area contributed by atoms with Gasteiger partial charge in [-0.3, -0.25) is 5.10 Å². The van der Waals surface area contributed by atoms with Crippen molar-refractivity contribution in [3.8, 4) is 11.5 Å². The molecule has 2 aromatic rings. The van der Waals surface area contributed by atoms with E-state index >= 15 is 0 Å². The number of aromatic amines is 1. The lowest BCUT2D eigenvalue weighted by atomic mass is 10.1. The number of H-pyrrole nitrogens is 1. The number of hydrogen-bond donors (Lipinski definition) is 2. The van der Waals surface area contributed by atoms with Gasteiger partial charge in [-0.15, -0.1) is 0 Å². The van der Waals surface area contributed by atoms with E-state index in [0.717, 1.165) is 0 Å². The van der Waals surface area contributed by atoms with Crippen molar-refractivity contribution in [3.05, 3.63) is 33.9 Å². The van der Waals surface area contributed by atoms with Crippen molar-refractivity contribution < 1.29 is 19.4 Å². The maximum Gasteiger partial charge on any atom is 0.340 e. The molecule has 9 heteroatoms. The molecule has 0 aliphatic heterocycles. The summed E-state index contributed by atoms with van der Waals surface area (Å²) >= 11 is 5.10. The Morgan fingerprint density at radius 2 is 2.22 bits per heavy atom. The first-order valence-electron chi connectivity index (χ1n) is 6.72. The quantitative estimate of drug-likeness (QED) is 0.619. The van der Waals surface area contributed by atoms with Crippen molar-refractivity contribution in [2.75, 3.05) is 14.2 Å². The van der Waals surface area contributed by atoms with Crippen LogP contribution in [0.5, 0.6) is 11.5 Å². The lowest BCUT2D eigenvalue weighted by molar-refractivity contribution is 0.0692. The van der Waals surface area contributed by atoms with Crippen molar-refractivity contribution in [1.82, 2.24) is 14.9 Å². The summed E-state index contributed by atoms with van der Waals surface area (Å²) in [5.74, 6) is -0.0380. The van der Waals surface area contributed by atoms with E-state index in [9.17, 15) is 9.90 Å². The Kier molecular flexibility index (Phi) is 5.12. The number of nitrogens with zero attached hydrogens (tertiary/aromatic N) is 3. The van der Waals surface area contributed by atoms with Crippen LogP contribution in [0.1, 0.15) is 28.7 Å².